The van der Waals surface area contributed by atoms with Gasteiger partial charge in [0.1, 0.15) is 16.5 Å². The second-order valence-corrected chi connectivity index (χ2v) is 4.76. The highest BCUT2D eigenvalue weighted by Crippen LogP contribution is 2.46. The van der Waals surface area contributed by atoms with Crippen molar-refractivity contribution in [2.24, 2.45) is 0 Å². The maximum atomic E-state index is 6.03. The van der Waals surface area contributed by atoms with Gasteiger partial charge in [0.25, 0.3) is 0 Å². The first-order valence-electron chi connectivity index (χ1n) is 5.71. The van der Waals surface area contributed by atoms with Crippen molar-refractivity contribution in [1.29, 1.82) is 0 Å². The molecule has 0 unspecified atom stereocenters. The Morgan fingerprint density at radius 2 is 2.18 bits per heavy atom. The zero-order valence-electron chi connectivity index (χ0n) is 9.66. The third-order valence-electron chi connectivity index (χ3n) is 3.50. The van der Waals surface area contributed by atoms with E-state index in [0.29, 0.717) is 25.0 Å². The number of hydrogen-bond acceptors (Lipinski definition) is 4. The molecule has 92 valence electrons. The standard InChI is InChI=1S/C12H14ClNO3/c1-15-9-6-10(13)14-11-8(9)7-17-12(11)2-4-16-5-3-12/h6H,2-5,7H2,1H3. The van der Waals surface area contributed by atoms with Gasteiger partial charge in [0.15, 0.2) is 0 Å². The first-order valence-corrected chi connectivity index (χ1v) is 6.08. The van der Waals surface area contributed by atoms with Gasteiger partial charge in [-0.1, -0.05) is 11.6 Å². The van der Waals surface area contributed by atoms with Crippen LogP contribution >= 0.6 is 11.6 Å². The molecule has 2 aliphatic heterocycles. The Morgan fingerprint density at radius 3 is 2.88 bits per heavy atom. The fourth-order valence-corrected chi connectivity index (χ4v) is 2.76. The van der Waals surface area contributed by atoms with Gasteiger partial charge in [-0.3, -0.25) is 0 Å². The molecule has 0 bridgehead atoms. The Morgan fingerprint density at radius 1 is 1.41 bits per heavy atom. The maximum Gasteiger partial charge on any atom is 0.133 e. The molecule has 1 saturated heterocycles. The van der Waals surface area contributed by atoms with E-state index in [4.69, 9.17) is 25.8 Å². The van der Waals surface area contributed by atoms with Gasteiger partial charge in [0.2, 0.25) is 0 Å². The van der Waals surface area contributed by atoms with Crippen LogP contribution in [0, 0.1) is 0 Å². The van der Waals surface area contributed by atoms with Crippen LogP contribution in [-0.4, -0.2) is 25.3 Å². The molecule has 4 nitrogen and oxygen atoms in total. The SMILES string of the molecule is COc1cc(Cl)nc2c1COC21CCOCC1. The quantitative estimate of drug-likeness (QED) is 0.722. The Labute approximate surface area is 105 Å². The van der Waals surface area contributed by atoms with Gasteiger partial charge in [-0.2, -0.15) is 0 Å². The fourth-order valence-electron chi connectivity index (χ4n) is 2.58. The number of nitrogens with zero attached hydrogens (tertiary/aromatic N) is 1. The van der Waals surface area contributed by atoms with Crippen LogP contribution in [0.2, 0.25) is 5.15 Å². The van der Waals surface area contributed by atoms with Crippen LogP contribution in [0.5, 0.6) is 5.75 Å². The number of fused-ring (bicyclic) bond motifs is 2. The van der Waals surface area contributed by atoms with Crippen molar-refractivity contribution < 1.29 is 14.2 Å². The van der Waals surface area contributed by atoms with E-state index in [1.165, 1.54) is 0 Å². The van der Waals surface area contributed by atoms with Gasteiger partial charge in [-0.25, -0.2) is 4.98 Å². The highest BCUT2D eigenvalue weighted by atomic mass is 35.5. The molecule has 5 heteroatoms. The molecule has 0 aromatic carbocycles. The predicted octanol–water partition coefficient (Wildman–Crippen LogP) is 2.28. The zero-order chi connectivity index (χ0) is 11.9. The molecule has 3 rings (SSSR count). The molecular formula is C12H14ClNO3. The van der Waals surface area contributed by atoms with E-state index in [-0.39, 0.29) is 5.60 Å². The smallest absolute Gasteiger partial charge is 0.133 e. The van der Waals surface area contributed by atoms with Gasteiger partial charge in [-0.15, -0.1) is 0 Å². The third kappa shape index (κ3) is 1.71. The molecular weight excluding hydrogens is 242 g/mol. The second-order valence-electron chi connectivity index (χ2n) is 4.37. The molecule has 0 radical (unpaired) electrons. The lowest BCUT2D eigenvalue weighted by atomic mass is 9.89. The summed E-state index contributed by atoms with van der Waals surface area (Å²) in [6, 6.07) is 1.74. The lowest BCUT2D eigenvalue weighted by Crippen LogP contribution is -2.34. The molecule has 0 saturated carbocycles. The van der Waals surface area contributed by atoms with E-state index >= 15 is 0 Å². The average Bonchev–Trinajstić information content (AvgIpc) is 2.69. The van der Waals surface area contributed by atoms with Crippen LogP contribution in [0.1, 0.15) is 24.1 Å². The maximum absolute atomic E-state index is 6.03. The lowest BCUT2D eigenvalue weighted by Gasteiger charge is -2.32. The van der Waals surface area contributed by atoms with Crippen molar-refractivity contribution >= 4 is 11.6 Å². The highest BCUT2D eigenvalue weighted by molar-refractivity contribution is 6.29. The van der Waals surface area contributed by atoms with Crippen molar-refractivity contribution in [3.8, 4) is 5.75 Å². The summed E-state index contributed by atoms with van der Waals surface area (Å²) in [4.78, 5) is 4.44. The Hall–Kier alpha value is -0.840. The van der Waals surface area contributed by atoms with E-state index in [0.717, 1.165) is 29.8 Å². The Bertz CT molecular complexity index is 444. The predicted molar refractivity (Wildman–Crippen MR) is 62.3 cm³/mol. The molecule has 1 aromatic rings. The largest absolute Gasteiger partial charge is 0.496 e. The number of halogens is 1. The van der Waals surface area contributed by atoms with E-state index in [9.17, 15) is 0 Å². The van der Waals surface area contributed by atoms with Crippen LogP contribution in [0.4, 0.5) is 0 Å². The van der Waals surface area contributed by atoms with Crippen LogP contribution in [0.25, 0.3) is 0 Å². The monoisotopic (exact) mass is 255 g/mol. The van der Waals surface area contributed by atoms with Crippen LogP contribution < -0.4 is 4.74 Å². The van der Waals surface area contributed by atoms with E-state index < -0.39 is 0 Å². The fraction of sp³-hybridized carbons (Fsp3) is 0.583. The molecule has 2 aliphatic rings. The molecule has 0 atom stereocenters. The number of pyridine rings is 1. The molecule has 17 heavy (non-hydrogen) atoms. The van der Waals surface area contributed by atoms with Crippen LogP contribution in [0.3, 0.4) is 0 Å². The summed E-state index contributed by atoms with van der Waals surface area (Å²) in [5, 5.41) is 0.456. The number of aromatic nitrogens is 1. The van der Waals surface area contributed by atoms with Crippen molar-refractivity contribution in [3.05, 3.63) is 22.5 Å². The Kier molecular flexibility index (Phi) is 2.73. The third-order valence-corrected chi connectivity index (χ3v) is 3.69. The van der Waals surface area contributed by atoms with Gasteiger partial charge in [0, 0.05) is 37.7 Å². The lowest BCUT2D eigenvalue weighted by molar-refractivity contribution is -0.109. The zero-order valence-corrected chi connectivity index (χ0v) is 10.4. The molecule has 1 aromatic heterocycles. The molecule has 1 spiro atoms. The summed E-state index contributed by atoms with van der Waals surface area (Å²) in [6.45, 7) is 1.95. The summed E-state index contributed by atoms with van der Waals surface area (Å²) < 4.78 is 16.7. The molecule has 1 fully saturated rings. The van der Waals surface area contributed by atoms with Gasteiger partial charge < -0.3 is 14.2 Å². The van der Waals surface area contributed by atoms with Crippen molar-refractivity contribution in [2.45, 2.75) is 25.0 Å². The van der Waals surface area contributed by atoms with Crippen molar-refractivity contribution in [3.63, 3.8) is 0 Å². The average molecular weight is 256 g/mol. The van der Waals surface area contributed by atoms with Gasteiger partial charge in [-0.05, 0) is 0 Å². The van der Waals surface area contributed by atoms with E-state index in [2.05, 4.69) is 4.98 Å². The number of hydrogen-bond donors (Lipinski definition) is 0. The number of methoxy groups -OCH3 is 1. The van der Waals surface area contributed by atoms with Crippen LogP contribution in [0.15, 0.2) is 6.07 Å². The van der Waals surface area contributed by atoms with Crippen molar-refractivity contribution in [1.82, 2.24) is 4.98 Å². The minimum absolute atomic E-state index is 0.314. The van der Waals surface area contributed by atoms with E-state index in [1.54, 1.807) is 13.2 Å². The number of rotatable bonds is 1. The van der Waals surface area contributed by atoms with E-state index in [1.807, 2.05) is 0 Å². The van der Waals surface area contributed by atoms with Gasteiger partial charge in [0.05, 0.1) is 19.4 Å². The van der Waals surface area contributed by atoms with Gasteiger partial charge >= 0.3 is 0 Å². The summed E-state index contributed by atoms with van der Waals surface area (Å²) in [5.41, 5.74) is 1.65. The summed E-state index contributed by atoms with van der Waals surface area (Å²) in [6.07, 6.45) is 1.66. The molecule has 0 N–H and O–H groups in total. The Balaban J connectivity index is 2.09. The normalized spacial score (nSPS) is 21.5. The highest BCUT2D eigenvalue weighted by Gasteiger charge is 2.44. The summed E-state index contributed by atoms with van der Waals surface area (Å²) in [7, 11) is 1.64. The number of ether oxygens (including phenoxy) is 3. The molecule has 0 amide bonds. The first kappa shape index (κ1) is 11.3. The minimum Gasteiger partial charge on any atom is -0.496 e. The second kappa shape index (κ2) is 4.12. The summed E-state index contributed by atoms with van der Waals surface area (Å²) in [5.74, 6) is 0.767. The first-order chi connectivity index (χ1) is 8.25. The minimum atomic E-state index is -0.314. The van der Waals surface area contributed by atoms with Crippen molar-refractivity contribution in [2.75, 3.05) is 20.3 Å². The summed E-state index contributed by atoms with van der Waals surface area (Å²) >= 11 is 6.03. The topological polar surface area (TPSA) is 40.6 Å². The molecule has 3 heterocycles. The van der Waals surface area contributed by atoms with Crippen LogP contribution in [-0.2, 0) is 21.7 Å². The molecule has 0 aliphatic carbocycles.